The molecule has 0 saturated carbocycles. The Balaban J connectivity index is 0.00000210. The van der Waals surface area contributed by atoms with Gasteiger partial charge in [0.1, 0.15) is 6.54 Å². The normalized spacial score (nSPS) is 20.5. The molecule has 2 aliphatic rings. The second-order valence-electron chi connectivity index (χ2n) is 7.08. The third kappa shape index (κ3) is 4.63. The number of rotatable bonds is 4. The van der Waals surface area contributed by atoms with Crippen LogP contribution in [0.15, 0.2) is 24.3 Å². The average molecular weight is 392 g/mol. The summed E-state index contributed by atoms with van der Waals surface area (Å²) < 4.78 is 0. The van der Waals surface area contributed by atoms with Gasteiger partial charge in [0, 0.05) is 50.9 Å². The van der Waals surface area contributed by atoms with Crippen molar-refractivity contribution in [3.63, 3.8) is 0 Å². The molecule has 8 nitrogen and oxygen atoms in total. The van der Waals surface area contributed by atoms with Gasteiger partial charge in [0.2, 0.25) is 11.7 Å². The van der Waals surface area contributed by atoms with Crippen LogP contribution in [0.2, 0.25) is 0 Å². The number of hydrogen-bond acceptors (Lipinski definition) is 6. The van der Waals surface area contributed by atoms with E-state index in [1.54, 1.807) is 0 Å². The molecule has 2 fully saturated rings. The van der Waals surface area contributed by atoms with E-state index < -0.39 is 0 Å². The molecule has 2 aliphatic heterocycles. The number of nitrogens with zero attached hydrogens (tertiary/aromatic N) is 6. The Hall–Kier alpha value is -2.03. The fourth-order valence-electron chi connectivity index (χ4n) is 3.66. The summed E-state index contributed by atoms with van der Waals surface area (Å²) in [5.41, 5.74) is 2.10. The minimum atomic E-state index is 0. The van der Waals surface area contributed by atoms with Gasteiger partial charge in [-0.05, 0) is 18.6 Å². The Bertz CT molecular complexity index is 757. The van der Waals surface area contributed by atoms with E-state index in [1.165, 1.54) is 10.4 Å². The molecule has 1 aromatic carbocycles. The minimum absolute atomic E-state index is 0. The van der Waals surface area contributed by atoms with E-state index in [1.807, 2.05) is 36.1 Å². The number of likely N-dealkylation sites (tertiary alicyclic amines) is 1. The summed E-state index contributed by atoms with van der Waals surface area (Å²) in [6, 6.07) is 8.45. The van der Waals surface area contributed by atoms with Crippen molar-refractivity contribution in [2.45, 2.75) is 25.9 Å². The maximum absolute atomic E-state index is 12.6. The zero-order valence-corrected chi connectivity index (χ0v) is 16.4. The van der Waals surface area contributed by atoms with Crippen LogP contribution in [0.5, 0.6) is 0 Å². The smallest absolute Gasteiger partial charge is 0.246 e. The molecule has 1 amide bonds. The first-order valence-corrected chi connectivity index (χ1v) is 9.26. The Morgan fingerprint density at radius 3 is 2.67 bits per heavy atom. The van der Waals surface area contributed by atoms with Crippen molar-refractivity contribution >= 4 is 18.3 Å². The first-order valence-electron chi connectivity index (χ1n) is 9.26. The number of piperazine rings is 1. The molecule has 1 aromatic heterocycles. The summed E-state index contributed by atoms with van der Waals surface area (Å²) in [5, 5.41) is 15.9. The number of aromatic nitrogens is 4. The zero-order chi connectivity index (χ0) is 17.9. The van der Waals surface area contributed by atoms with Gasteiger partial charge in [0.05, 0.1) is 0 Å². The molecule has 27 heavy (non-hydrogen) atoms. The van der Waals surface area contributed by atoms with E-state index in [2.05, 4.69) is 25.6 Å². The highest BCUT2D eigenvalue weighted by Crippen LogP contribution is 2.17. The summed E-state index contributed by atoms with van der Waals surface area (Å²) >= 11 is 0. The Morgan fingerprint density at radius 2 is 1.93 bits per heavy atom. The van der Waals surface area contributed by atoms with Gasteiger partial charge in [0.25, 0.3) is 0 Å². The van der Waals surface area contributed by atoms with Crippen LogP contribution in [0.1, 0.15) is 12.0 Å². The third-order valence-electron chi connectivity index (χ3n) is 5.22. The number of carbonyl (C=O) groups excluding carboxylic acids is 1. The molecule has 3 heterocycles. The molecule has 146 valence electrons. The molecular weight excluding hydrogens is 366 g/mol. The number of aryl methyl sites for hydroxylation is 1. The van der Waals surface area contributed by atoms with Crippen LogP contribution in [0.25, 0.3) is 11.4 Å². The van der Waals surface area contributed by atoms with Gasteiger partial charge in [-0.1, -0.05) is 29.8 Å². The maximum atomic E-state index is 12.6. The van der Waals surface area contributed by atoms with Gasteiger partial charge >= 0.3 is 0 Å². The quantitative estimate of drug-likeness (QED) is 0.821. The van der Waals surface area contributed by atoms with Crippen molar-refractivity contribution < 1.29 is 4.79 Å². The van der Waals surface area contributed by atoms with Gasteiger partial charge in [-0.2, -0.15) is 4.80 Å². The Morgan fingerprint density at radius 1 is 1.19 bits per heavy atom. The van der Waals surface area contributed by atoms with Crippen LogP contribution in [0, 0.1) is 6.92 Å². The van der Waals surface area contributed by atoms with Crippen LogP contribution in [0.4, 0.5) is 0 Å². The van der Waals surface area contributed by atoms with Crippen LogP contribution in [-0.2, 0) is 11.3 Å². The second-order valence-corrected chi connectivity index (χ2v) is 7.08. The number of benzene rings is 1. The molecule has 0 spiro atoms. The highest BCUT2D eigenvalue weighted by atomic mass is 35.5. The molecule has 1 unspecified atom stereocenters. The van der Waals surface area contributed by atoms with E-state index in [-0.39, 0.29) is 24.9 Å². The molecule has 1 atom stereocenters. The standard InChI is InChI=1S/C18H25N7O.ClH/c1-14-2-4-15(5-3-14)18-20-22-25(21-18)13-17(26)24-9-6-16(12-24)23-10-7-19-8-11-23;/h2-5,16,19H,6-13H2,1H3;1H. The minimum Gasteiger partial charge on any atom is -0.339 e. The lowest BCUT2D eigenvalue weighted by atomic mass is 10.1. The SMILES string of the molecule is Cc1ccc(-c2nnn(CC(=O)N3CCC(N4CCNCC4)C3)n2)cc1.Cl. The highest BCUT2D eigenvalue weighted by molar-refractivity contribution is 5.85. The lowest BCUT2D eigenvalue weighted by Gasteiger charge is -2.32. The van der Waals surface area contributed by atoms with Crippen LogP contribution >= 0.6 is 12.4 Å². The first-order chi connectivity index (χ1) is 12.7. The number of hydrogen-bond donors (Lipinski definition) is 1. The van der Waals surface area contributed by atoms with Crippen LogP contribution in [-0.4, -0.2) is 81.2 Å². The van der Waals surface area contributed by atoms with Crippen LogP contribution in [0.3, 0.4) is 0 Å². The summed E-state index contributed by atoms with van der Waals surface area (Å²) in [7, 11) is 0. The maximum Gasteiger partial charge on any atom is 0.246 e. The topological polar surface area (TPSA) is 79.2 Å². The molecule has 2 saturated heterocycles. The average Bonchev–Trinajstić information content (AvgIpc) is 3.33. The van der Waals surface area contributed by atoms with E-state index in [4.69, 9.17) is 0 Å². The van der Waals surface area contributed by atoms with E-state index in [0.29, 0.717) is 11.9 Å². The van der Waals surface area contributed by atoms with Gasteiger partial charge in [-0.25, -0.2) is 0 Å². The zero-order valence-electron chi connectivity index (χ0n) is 15.5. The number of amides is 1. The lowest BCUT2D eigenvalue weighted by molar-refractivity contribution is -0.131. The predicted octanol–water partition coefficient (Wildman–Crippen LogP) is 0.576. The Labute approximate surface area is 165 Å². The number of carbonyl (C=O) groups is 1. The molecule has 2 aromatic rings. The largest absolute Gasteiger partial charge is 0.339 e. The Kier molecular flexibility index (Phi) is 6.41. The van der Waals surface area contributed by atoms with Crippen molar-refractivity contribution in [3.8, 4) is 11.4 Å². The van der Waals surface area contributed by atoms with Crippen LogP contribution < -0.4 is 5.32 Å². The van der Waals surface area contributed by atoms with E-state index >= 15 is 0 Å². The predicted molar refractivity (Wildman–Crippen MR) is 105 cm³/mol. The van der Waals surface area contributed by atoms with Gasteiger partial charge < -0.3 is 10.2 Å². The summed E-state index contributed by atoms with van der Waals surface area (Å²) in [4.78, 5) is 18.4. The van der Waals surface area contributed by atoms with Gasteiger partial charge in [0.15, 0.2) is 0 Å². The molecule has 0 bridgehead atoms. The van der Waals surface area contributed by atoms with Gasteiger partial charge in [-0.3, -0.25) is 9.69 Å². The van der Waals surface area contributed by atoms with E-state index in [9.17, 15) is 4.79 Å². The summed E-state index contributed by atoms with van der Waals surface area (Å²) in [6.07, 6.45) is 1.05. The molecule has 9 heteroatoms. The van der Waals surface area contributed by atoms with Crippen molar-refractivity contribution in [1.82, 2.24) is 35.3 Å². The third-order valence-corrected chi connectivity index (χ3v) is 5.22. The molecule has 1 N–H and O–H groups in total. The first kappa shape index (κ1) is 19.7. The molecule has 4 rings (SSSR count). The van der Waals surface area contributed by atoms with Gasteiger partial charge in [-0.15, -0.1) is 22.6 Å². The lowest BCUT2D eigenvalue weighted by Crippen LogP contribution is -2.49. The van der Waals surface area contributed by atoms with E-state index in [0.717, 1.165) is 51.3 Å². The highest BCUT2D eigenvalue weighted by Gasteiger charge is 2.31. The summed E-state index contributed by atoms with van der Waals surface area (Å²) in [5.74, 6) is 0.619. The molecule has 0 radical (unpaired) electrons. The van der Waals surface area contributed by atoms with Crippen molar-refractivity contribution in [2.75, 3.05) is 39.3 Å². The molecule has 0 aliphatic carbocycles. The second kappa shape index (κ2) is 8.77. The number of nitrogens with one attached hydrogen (secondary N) is 1. The number of tetrazole rings is 1. The number of halogens is 1. The fraction of sp³-hybridized carbons (Fsp3) is 0.556. The van der Waals surface area contributed by atoms with Crippen molar-refractivity contribution in [3.05, 3.63) is 29.8 Å². The fourth-order valence-corrected chi connectivity index (χ4v) is 3.66. The molecular formula is C18H26ClN7O. The van der Waals surface area contributed by atoms with Crippen molar-refractivity contribution in [1.29, 1.82) is 0 Å². The summed E-state index contributed by atoms with van der Waals surface area (Å²) in [6.45, 7) is 8.01. The van der Waals surface area contributed by atoms with Crippen molar-refractivity contribution in [2.24, 2.45) is 0 Å². The monoisotopic (exact) mass is 391 g/mol.